The summed E-state index contributed by atoms with van der Waals surface area (Å²) < 4.78 is 13.4. The fraction of sp³-hybridized carbons (Fsp3) is 0.417. The van der Waals surface area contributed by atoms with Gasteiger partial charge in [0, 0.05) is 11.6 Å². The van der Waals surface area contributed by atoms with Gasteiger partial charge < -0.3 is 11.1 Å². The number of anilines is 2. The third kappa shape index (κ3) is 3.22. The lowest BCUT2D eigenvalue weighted by Crippen LogP contribution is -2.20. The highest BCUT2D eigenvalue weighted by Crippen LogP contribution is 2.18. The predicted octanol–water partition coefficient (Wildman–Crippen LogP) is 2.78. The van der Waals surface area contributed by atoms with Gasteiger partial charge in [0.25, 0.3) is 0 Å². The first-order valence-corrected chi connectivity index (χ1v) is 5.40. The first-order chi connectivity index (χ1) is 7.54. The van der Waals surface area contributed by atoms with Gasteiger partial charge in [-0.1, -0.05) is 20.3 Å². The lowest BCUT2D eigenvalue weighted by molar-refractivity contribution is -0.119. The summed E-state index contributed by atoms with van der Waals surface area (Å²) >= 11 is 0. The molecule has 3 N–H and O–H groups in total. The van der Waals surface area contributed by atoms with Gasteiger partial charge in [-0.25, -0.2) is 4.39 Å². The van der Waals surface area contributed by atoms with Gasteiger partial charge in [0.1, 0.15) is 5.82 Å². The molecule has 1 aromatic rings. The molecule has 3 nitrogen and oxygen atoms in total. The van der Waals surface area contributed by atoms with E-state index in [1.54, 1.807) is 6.07 Å². The Bertz CT molecular complexity index is 379. The van der Waals surface area contributed by atoms with E-state index in [4.69, 9.17) is 5.73 Å². The van der Waals surface area contributed by atoms with E-state index in [0.717, 1.165) is 12.8 Å². The van der Waals surface area contributed by atoms with Crippen LogP contribution in [0.4, 0.5) is 15.8 Å². The second-order valence-electron chi connectivity index (χ2n) is 3.92. The summed E-state index contributed by atoms with van der Waals surface area (Å²) in [6.45, 7) is 3.83. The van der Waals surface area contributed by atoms with E-state index in [9.17, 15) is 9.18 Å². The maximum atomic E-state index is 13.4. The number of halogens is 1. The van der Waals surface area contributed by atoms with Crippen molar-refractivity contribution in [3.8, 4) is 0 Å². The topological polar surface area (TPSA) is 55.1 Å². The van der Waals surface area contributed by atoms with Crippen LogP contribution in [0.3, 0.4) is 0 Å². The monoisotopic (exact) mass is 224 g/mol. The SMILES string of the molecule is CCC[C@@H](C)C(=O)Nc1ccc(N)cc1F. The Labute approximate surface area is 94.8 Å². The number of nitrogens with two attached hydrogens (primary N) is 1. The molecule has 1 atom stereocenters. The Morgan fingerprint density at radius 2 is 2.25 bits per heavy atom. The van der Waals surface area contributed by atoms with Crippen LogP contribution < -0.4 is 11.1 Å². The molecule has 4 heteroatoms. The number of carbonyl (C=O) groups is 1. The van der Waals surface area contributed by atoms with E-state index in [-0.39, 0.29) is 17.5 Å². The number of benzene rings is 1. The van der Waals surface area contributed by atoms with Crippen molar-refractivity contribution in [1.29, 1.82) is 0 Å². The minimum Gasteiger partial charge on any atom is -0.399 e. The average Bonchev–Trinajstić information content (AvgIpc) is 2.22. The Balaban J connectivity index is 2.69. The van der Waals surface area contributed by atoms with E-state index in [2.05, 4.69) is 5.32 Å². The Morgan fingerprint density at radius 3 is 2.81 bits per heavy atom. The summed E-state index contributed by atoms with van der Waals surface area (Å²) in [6.07, 6.45) is 1.72. The first kappa shape index (κ1) is 12.5. The number of carbonyl (C=O) groups excluding carboxylic acids is 1. The highest BCUT2D eigenvalue weighted by Gasteiger charge is 2.13. The van der Waals surface area contributed by atoms with Crippen molar-refractivity contribution < 1.29 is 9.18 Å². The number of amides is 1. The van der Waals surface area contributed by atoms with E-state index >= 15 is 0 Å². The molecule has 0 aliphatic rings. The molecule has 0 spiro atoms. The Hall–Kier alpha value is -1.58. The molecule has 0 radical (unpaired) electrons. The van der Waals surface area contributed by atoms with Crippen LogP contribution in [0.5, 0.6) is 0 Å². The average molecular weight is 224 g/mol. The Kier molecular flexibility index (Phi) is 4.28. The second-order valence-corrected chi connectivity index (χ2v) is 3.92. The van der Waals surface area contributed by atoms with Crippen LogP contribution in [0, 0.1) is 11.7 Å². The predicted molar refractivity (Wildman–Crippen MR) is 63.5 cm³/mol. The van der Waals surface area contributed by atoms with E-state index in [0.29, 0.717) is 5.69 Å². The summed E-state index contributed by atoms with van der Waals surface area (Å²) in [6, 6.07) is 4.23. The second kappa shape index (κ2) is 5.49. The van der Waals surface area contributed by atoms with Crippen LogP contribution in [0.1, 0.15) is 26.7 Å². The minimum absolute atomic E-state index is 0.109. The first-order valence-electron chi connectivity index (χ1n) is 5.40. The fourth-order valence-electron chi connectivity index (χ4n) is 1.45. The van der Waals surface area contributed by atoms with E-state index in [1.165, 1.54) is 12.1 Å². The summed E-state index contributed by atoms with van der Waals surface area (Å²) in [4.78, 5) is 11.6. The van der Waals surface area contributed by atoms with Crippen LogP contribution in [0.25, 0.3) is 0 Å². The molecule has 0 heterocycles. The van der Waals surface area contributed by atoms with Crippen LogP contribution >= 0.6 is 0 Å². The standard InChI is InChI=1S/C12H17FN2O/c1-3-4-8(2)12(16)15-11-6-5-9(14)7-10(11)13/h5-8H,3-4,14H2,1-2H3,(H,15,16)/t8-/m1/s1. The van der Waals surface area contributed by atoms with Crippen molar-refractivity contribution in [3.05, 3.63) is 24.0 Å². The van der Waals surface area contributed by atoms with Crippen molar-refractivity contribution in [3.63, 3.8) is 0 Å². The van der Waals surface area contributed by atoms with Crippen molar-refractivity contribution in [2.75, 3.05) is 11.1 Å². The highest BCUT2D eigenvalue weighted by atomic mass is 19.1. The minimum atomic E-state index is -0.503. The zero-order valence-corrected chi connectivity index (χ0v) is 9.59. The van der Waals surface area contributed by atoms with Gasteiger partial charge >= 0.3 is 0 Å². The number of hydrogen-bond donors (Lipinski definition) is 2. The quantitative estimate of drug-likeness (QED) is 0.773. The summed E-state index contributed by atoms with van der Waals surface area (Å²) in [5.74, 6) is -0.774. The fourth-order valence-corrected chi connectivity index (χ4v) is 1.45. The molecule has 0 bridgehead atoms. The molecule has 0 aliphatic carbocycles. The largest absolute Gasteiger partial charge is 0.399 e. The number of nitrogens with one attached hydrogen (secondary N) is 1. The maximum absolute atomic E-state index is 13.4. The van der Waals surface area contributed by atoms with Gasteiger partial charge in [-0.2, -0.15) is 0 Å². The number of hydrogen-bond acceptors (Lipinski definition) is 2. The normalized spacial score (nSPS) is 12.2. The van der Waals surface area contributed by atoms with Gasteiger partial charge in [0.05, 0.1) is 5.69 Å². The number of nitrogen functional groups attached to an aromatic ring is 1. The highest BCUT2D eigenvalue weighted by molar-refractivity contribution is 5.92. The third-order valence-corrected chi connectivity index (χ3v) is 2.42. The van der Waals surface area contributed by atoms with Crippen LogP contribution in [-0.2, 0) is 4.79 Å². The van der Waals surface area contributed by atoms with Gasteiger partial charge in [-0.3, -0.25) is 4.79 Å². The molecule has 1 aromatic carbocycles. The smallest absolute Gasteiger partial charge is 0.227 e. The molecule has 1 amide bonds. The van der Waals surface area contributed by atoms with Crippen molar-refractivity contribution in [2.45, 2.75) is 26.7 Å². The molecule has 1 rings (SSSR count). The van der Waals surface area contributed by atoms with Crippen molar-refractivity contribution >= 4 is 17.3 Å². The molecular weight excluding hydrogens is 207 g/mol. The molecule has 0 saturated heterocycles. The summed E-state index contributed by atoms with van der Waals surface area (Å²) in [5, 5.41) is 2.55. The van der Waals surface area contributed by atoms with Crippen LogP contribution in [0.15, 0.2) is 18.2 Å². The van der Waals surface area contributed by atoms with E-state index < -0.39 is 5.82 Å². The zero-order valence-electron chi connectivity index (χ0n) is 9.59. The molecule has 0 aliphatic heterocycles. The van der Waals surface area contributed by atoms with Crippen LogP contribution in [0.2, 0.25) is 0 Å². The molecule has 0 saturated carbocycles. The number of rotatable bonds is 4. The van der Waals surface area contributed by atoms with Gasteiger partial charge in [0.15, 0.2) is 0 Å². The lowest BCUT2D eigenvalue weighted by Gasteiger charge is -2.11. The molecule has 88 valence electrons. The maximum Gasteiger partial charge on any atom is 0.227 e. The lowest BCUT2D eigenvalue weighted by atomic mass is 10.1. The molecular formula is C12H17FN2O. The van der Waals surface area contributed by atoms with Gasteiger partial charge in [0.2, 0.25) is 5.91 Å². The molecule has 0 fully saturated rings. The summed E-state index contributed by atoms with van der Waals surface area (Å²) in [7, 11) is 0. The van der Waals surface area contributed by atoms with E-state index in [1.807, 2.05) is 13.8 Å². The van der Waals surface area contributed by atoms with Gasteiger partial charge in [-0.05, 0) is 24.6 Å². The van der Waals surface area contributed by atoms with Crippen molar-refractivity contribution in [2.24, 2.45) is 5.92 Å². The summed E-state index contributed by atoms with van der Waals surface area (Å²) in [5.41, 5.74) is 5.94. The molecule has 16 heavy (non-hydrogen) atoms. The third-order valence-electron chi connectivity index (χ3n) is 2.42. The van der Waals surface area contributed by atoms with Crippen molar-refractivity contribution in [1.82, 2.24) is 0 Å². The zero-order chi connectivity index (χ0) is 12.1. The molecule has 0 unspecified atom stereocenters. The molecule has 0 aromatic heterocycles. The van der Waals surface area contributed by atoms with Crippen LogP contribution in [-0.4, -0.2) is 5.91 Å². The Morgan fingerprint density at radius 1 is 1.56 bits per heavy atom. The van der Waals surface area contributed by atoms with Gasteiger partial charge in [-0.15, -0.1) is 0 Å².